The molecule has 6 fully saturated rings. The highest BCUT2D eigenvalue weighted by molar-refractivity contribution is 5.89. The number of hydrogen-bond acceptors (Lipinski definition) is 12. The van der Waals surface area contributed by atoms with Crippen LogP contribution in [0.4, 0.5) is 0 Å². The maximum absolute atomic E-state index is 13.8. The van der Waals surface area contributed by atoms with E-state index < -0.39 is 76.5 Å². The Labute approximate surface area is 275 Å². The summed E-state index contributed by atoms with van der Waals surface area (Å²) >= 11 is 0. The van der Waals surface area contributed by atoms with Gasteiger partial charge in [0.1, 0.15) is 35.6 Å². The van der Waals surface area contributed by atoms with Crippen molar-refractivity contribution in [1.82, 2.24) is 4.90 Å². The summed E-state index contributed by atoms with van der Waals surface area (Å²) in [5.74, 6) is -2.73. The summed E-state index contributed by atoms with van der Waals surface area (Å²) in [4.78, 5) is 28.7. The minimum Gasteiger partial charge on any atom is -0.462 e. The predicted molar refractivity (Wildman–Crippen MR) is 165 cm³/mol. The number of carbonyl (C=O) groups is 2. The Morgan fingerprint density at radius 1 is 0.979 bits per heavy atom. The fraction of sp³-hybridized carbons (Fsp3) is 0.771. The zero-order valence-electron chi connectivity index (χ0n) is 28.3. The Hall–Kier alpha value is -2.16. The maximum atomic E-state index is 13.8. The van der Waals surface area contributed by atoms with Crippen LogP contribution in [0.5, 0.6) is 0 Å². The number of benzene rings is 1. The molecule has 1 heterocycles. The van der Waals surface area contributed by atoms with Crippen LogP contribution < -0.4 is 0 Å². The van der Waals surface area contributed by atoms with Crippen LogP contribution in [0.3, 0.4) is 0 Å². The highest BCUT2D eigenvalue weighted by Crippen LogP contribution is 2.80. The molecule has 1 spiro atoms. The molecular weight excluding hydrogens is 610 g/mol. The number of methoxy groups -OCH3 is 4. The molecule has 7 bridgehead atoms. The first-order valence-corrected chi connectivity index (χ1v) is 16.7. The van der Waals surface area contributed by atoms with Crippen LogP contribution in [0.1, 0.15) is 37.0 Å². The summed E-state index contributed by atoms with van der Waals surface area (Å²) in [6, 6.07) is 8.48. The molecule has 1 aromatic carbocycles. The van der Waals surface area contributed by atoms with Gasteiger partial charge in [-0.3, -0.25) is 4.79 Å². The van der Waals surface area contributed by atoms with E-state index in [2.05, 4.69) is 11.9 Å². The van der Waals surface area contributed by atoms with Crippen molar-refractivity contribution in [2.75, 3.05) is 55.2 Å². The quantitative estimate of drug-likeness (QED) is 0.350. The normalized spacial score (nSPS) is 49.1. The van der Waals surface area contributed by atoms with E-state index in [9.17, 15) is 19.8 Å². The van der Waals surface area contributed by atoms with Gasteiger partial charge in [0.25, 0.3) is 0 Å². The first-order valence-electron chi connectivity index (χ1n) is 16.7. The standard InChI is InChI=1S/C35H49NO11/c1-8-45-35-23-20(15-33(40,30(44-7)28(35)38)29(23)47-31(39)19-12-10-9-11-13-19)34-22(42-5)14-21(46-18(2)37)32(17-41-4)16-36(3)27(34)24(35)25(43-6)26(32)34/h9-13,20-30,38,40H,8,14-17H2,1-7H3/t20-,21+,22-,23+,24?,25-,26+,27?,28-,29+,30-,32-,33-,34?,35+/m0/s1. The number of rotatable bonds is 10. The van der Waals surface area contributed by atoms with Crippen LogP contribution in [-0.2, 0) is 38.0 Å². The average molecular weight is 660 g/mol. The van der Waals surface area contributed by atoms with Gasteiger partial charge < -0.3 is 48.3 Å². The molecule has 0 aromatic heterocycles. The van der Waals surface area contributed by atoms with Crippen molar-refractivity contribution in [3.05, 3.63) is 35.9 Å². The molecule has 1 aromatic rings. The third kappa shape index (κ3) is 3.92. The van der Waals surface area contributed by atoms with E-state index in [-0.39, 0.29) is 43.5 Å². The van der Waals surface area contributed by atoms with Crippen molar-refractivity contribution in [2.45, 2.75) is 80.6 Å². The van der Waals surface area contributed by atoms with Gasteiger partial charge in [0.05, 0.1) is 24.4 Å². The van der Waals surface area contributed by atoms with Gasteiger partial charge in [0, 0.05) is 89.6 Å². The molecule has 12 heteroatoms. The van der Waals surface area contributed by atoms with Gasteiger partial charge in [0.2, 0.25) is 0 Å². The van der Waals surface area contributed by atoms with Gasteiger partial charge in [-0.2, -0.15) is 0 Å². The Bertz CT molecular complexity index is 1380. The van der Waals surface area contributed by atoms with Crippen molar-refractivity contribution >= 4 is 11.9 Å². The second-order valence-electron chi connectivity index (χ2n) is 14.7. The first kappa shape index (κ1) is 33.3. The van der Waals surface area contributed by atoms with E-state index in [0.29, 0.717) is 18.5 Å². The number of ether oxygens (including phenoxy) is 7. The fourth-order valence-electron chi connectivity index (χ4n) is 12.6. The summed E-state index contributed by atoms with van der Waals surface area (Å²) in [5, 5.41) is 25.4. The van der Waals surface area contributed by atoms with E-state index in [1.165, 1.54) is 14.0 Å². The highest BCUT2D eigenvalue weighted by Gasteiger charge is 2.91. The molecule has 7 rings (SSSR count). The molecule has 5 aliphatic carbocycles. The summed E-state index contributed by atoms with van der Waals surface area (Å²) in [6.07, 6.45) is -4.38. The largest absolute Gasteiger partial charge is 0.462 e. The molecule has 5 saturated carbocycles. The van der Waals surface area contributed by atoms with Gasteiger partial charge in [0.15, 0.2) is 0 Å². The van der Waals surface area contributed by atoms with Crippen LogP contribution >= 0.6 is 0 Å². The summed E-state index contributed by atoms with van der Waals surface area (Å²) in [6.45, 7) is 4.39. The lowest BCUT2D eigenvalue weighted by molar-refractivity contribution is -0.329. The minimum absolute atomic E-state index is 0.167. The monoisotopic (exact) mass is 659 g/mol. The van der Waals surface area contributed by atoms with Crippen molar-refractivity contribution < 1.29 is 53.0 Å². The molecule has 12 nitrogen and oxygen atoms in total. The Balaban J connectivity index is 1.50. The van der Waals surface area contributed by atoms with Crippen molar-refractivity contribution in [1.29, 1.82) is 0 Å². The third-order valence-electron chi connectivity index (χ3n) is 13.2. The molecule has 15 atom stereocenters. The molecule has 1 saturated heterocycles. The number of piperidine rings is 1. The van der Waals surface area contributed by atoms with E-state index in [1.54, 1.807) is 45.6 Å². The Kier molecular flexibility index (Phi) is 8.12. The predicted octanol–water partition coefficient (Wildman–Crippen LogP) is 1.30. The summed E-state index contributed by atoms with van der Waals surface area (Å²) < 4.78 is 44.4. The maximum Gasteiger partial charge on any atom is 0.338 e. The van der Waals surface area contributed by atoms with Gasteiger partial charge in [-0.1, -0.05) is 18.2 Å². The number of hydrogen-bond donors (Lipinski definition) is 2. The van der Waals surface area contributed by atoms with Crippen molar-refractivity contribution in [3.8, 4) is 0 Å². The summed E-state index contributed by atoms with van der Waals surface area (Å²) in [5.41, 5.74) is -4.14. The third-order valence-corrected chi connectivity index (χ3v) is 13.2. The van der Waals surface area contributed by atoms with Gasteiger partial charge >= 0.3 is 11.9 Å². The molecule has 6 aliphatic rings. The lowest BCUT2D eigenvalue weighted by Gasteiger charge is -2.70. The van der Waals surface area contributed by atoms with Crippen LogP contribution in [0.15, 0.2) is 30.3 Å². The fourth-order valence-corrected chi connectivity index (χ4v) is 12.6. The molecule has 0 amide bonds. The lowest BCUT2D eigenvalue weighted by Crippen LogP contribution is -2.81. The van der Waals surface area contributed by atoms with Gasteiger partial charge in [-0.15, -0.1) is 0 Å². The highest BCUT2D eigenvalue weighted by atomic mass is 16.6. The number of carbonyl (C=O) groups excluding carboxylic acids is 2. The van der Waals surface area contributed by atoms with Crippen LogP contribution in [0.2, 0.25) is 0 Å². The number of aliphatic hydroxyl groups is 2. The van der Waals surface area contributed by atoms with E-state index in [0.717, 1.165) is 0 Å². The van der Waals surface area contributed by atoms with E-state index in [4.69, 9.17) is 33.2 Å². The molecule has 2 N–H and O–H groups in total. The van der Waals surface area contributed by atoms with Crippen LogP contribution in [-0.4, -0.2) is 136 Å². The average Bonchev–Trinajstić information content (AvgIpc) is 3.43. The minimum atomic E-state index is -1.74. The summed E-state index contributed by atoms with van der Waals surface area (Å²) in [7, 11) is 8.53. The van der Waals surface area contributed by atoms with Crippen molar-refractivity contribution in [2.24, 2.45) is 34.5 Å². The topological polar surface area (TPSA) is 142 Å². The molecule has 260 valence electrons. The molecule has 0 radical (unpaired) electrons. The number of likely N-dealkylation sites (tertiary alicyclic amines) is 1. The molecule has 47 heavy (non-hydrogen) atoms. The number of aliphatic hydroxyl groups excluding tert-OH is 1. The Morgan fingerprint density at radius 2 is 1.70 bits per heavy atom. The molecular formula is C35H49NO11. The zero-order valence-corrected chi connectivity index (χ0v) is 28.3. The Morgan fingerprint density at radius 3 is 2.30 bits per heavy atom. The van der Waals surface area contributed by atoms with E-state index >= 15 is 0 Å². The van der Waals surface area contributed by atoms with Gasteiger partial charge in [-0.25, -0.2) is 4.79 Å². The molecule has 1 aliphatic heterocycles. The van der Waals surface area contributed by atoms with Crippen molar-refractivity contribution in [3.63, 3.8) is 0 Å². The number of esters is 2. The number of nitrogens with zero attached hydrogens (tertiary/aromatic N) is 1. The second-order valence-corrected chi connectivity index (χ2v) is 14.7. The first-order chi connectivity index (χ1) is 22.5. The lowest BCUT2D eigenvalue weighted by atomic mass is 9.42. The SMILES string of the molecule is CCO[C@@]12C3C4N(C)C[C@]5(COC)[C@H](OC(C)=O)C[C@H](OC)C4([C@H]4C[C@](O)([C@H](OC(=O)c6ccccc6)[C@@H]41)[C@@H](OC)[C@@H]2O)[C@@H]5[C@H]3OC. The van der Waals surface area contributed by atoms with Crippen LogP contribution in [0, 0.1) is 34.5 Å². The second kappa shape index (κ2) is 11.4. The van der Waals surface area contributed by atoms with Gasteiger partial charge in [-0.05, 0) is 38.4 Å². The smallest absolute Gasteiger partial charge is 0.338 e. The van der Waals surface area contributed by atoms with E-state index in [1.807, 2.05) is 13.0 Å². The number of fused-ring (bicyclic) bond motifs is 2. The molecule has 3 unspecified atom stereocenters. The zero-order chi connectivity index (χ0) is 33.7. The van der Waals surface area contributed by atoms with Crippen LogP contribution in [0.25, 0.3) is 0 Å².